The van der Waals surface area contributed by atoms with Crippen LogP contribution in [0.5, 0.6) is 0 Å². The Morgan fingerprint density at radius 2 is 1.57 bits per heavy atom. The lowest BCUT2D eigenvalue weighted by Crippen LogP contribution is -2.47. The van der Waals surface area contributed by atoms with Gasteiger partial charge in [-0.15, -0.1) is 0 Å². The largest absolute Gasteiger partial charge is 0.371 e. The van der Waals surface area contributed by atoms with Crippen LogP contribution in [0.2, 0.25) is 0 Å². The first-order chi connectivity index (χ1) is 18.9. The van der Waals surface area contributed by atoms with Gasteiger partial charge < -0.3 is 24.7 Å². The van der Waals surface area contributed by atoms with Crippen molar-refractivity contribution in [1.82, 2.24) is 0 Å². The summed E-state index contributed by atoms with van der Waals surface area (Å²) < 4.78 is 25.0. The molecule has 0 bridgehead atoms. The Balaban J connectivity index is 6.12. The molecule has 0 aliphatic carbocycles. The molecular weight excluding hydrogens is 498 g/mol. The van der Waals surface area contributed by atoms with Crippen molar-refractivity contribution < 1.29 is 18.9 Å². The lowest BCUT2D eigenvalue weighted by molar-refractivity contribution is -0.202. The molecule has 0 saturated carbocycles. The van der Waals surface area contributed by atoms with Gasteiger partial charge in [0.05, 0.1) is 19.3 Å². The van der Waals surface area contributed by atoms with Crippen LogP contribution in [0.1, 0.15) is 82.1 Å². The summed E-state index contributed by atoms with van der Waals surface area (Å²) >= 11 is 0. The molecule has 0 aromatic carbocycles. The Kier molecular flexibility index (Phi) is 20.6. The summed E-state index contributed by atoms with van der Waals surface area (Å²) in [5.41, 5.74) is 12.8. The van der Waals surface area contributed by atoms with Crippen LogP contribution in [0.25, 0.3) is 0 Å². The van der Waals surface area contributed by atoms with Gasteiger partial charge in [0.15, 0.2) is 6.29 Å². The minimum absolute atomic E-state index is 0.274. The molecule has 0 aliphatic rings. The third kappa shape index (κ3) is 15.7. The minimum atomic E-state index is -0.418. The Bertz CT molecular complexity index is 902. The van der Waals surface area contributed by atoms with E-state index in [-0.39, 0.29) is 12.6 Å². The maximum atomic E-state index is 6.57. The minimum Gasteiger partial charge on any atom is -0.371 e. The Labute approximate surface area is 246 Å². The van der Waals surface area contributed by atoms with Gasteiger partial charge in [0, 0.05) is 13.2 Å². The van der Waals surface area contributed by atoms with Crippen LogP contribution < -0.4 is 5.73 Å². The van der Waals surface area contributed by atoms with Crippen LogP contribution in [-0.4, -0.2) is 51.0 Å². The van der Waals surface area contributed by atoms with E-state index in [0.717, 1.165) is 40.7 Å². The number of nitrogens with two attached hydrogens (primary N) is 1. The van der Waals surface area contributed by atoms with E-state index in [0.29, 0.717) is 25.7 Å². The van der Waals surface area contributed by atoms with Gasteiger partial charge in [-0.2, -0.15) is 0 Å². The van der Waals surface area contributed by atoms with Crippen molar-refractivity contribution in [2.45, 2.75) is 107 Å². The fourth-order valence-electron chi connectivity index (χ4n) is 4.03. The highest BCUT2D eigenvalue weighted by Gasteiger charge is 2.30. The predicted octanol–water partition coefficient (Wildman–Crippen LogP) is 8.41. The molecule has 0 spiro atoms. The van der Waals surface area contributed by atoms with Gasteiger partial charge in [-0.05, 0) is 82.6 Å². The molecule has 0 rings (SSSR count). The first-order valence-corrected chi connectivity index (χ1v) is 14.8. The smallest absolute Gasteiger partial charge is 0.155 e. The van der Waals surface area contributed by atoms with E-state index in [4.69, 9.17) is 24.7 Å². The maximum absolute atomic E-state index is 6.57. The van der Waals surface area contributed by atoms with Crippen molar-refractivity contribution in [3.8, 4) is 0 Å². The molecule has 0 aromatic heterocycles. The topological polar surface area (TPSA) is 62.9 Å². The number of rotatable bonds is 21. The van der Waals surface area contributed by atoms with Crippen molar-refractivity contribution in [1.29, 1.82) is 0 Å². The molecule has 0 aliphatic heterocycles. The lowest BCUT2D eigenvalue weighted by Gasteiger charge is -2.33. The Morgan fingerprint density at radius 3 is 2.08 bits per heavy atom. The van der Waals surface area contributed by atoms with Crippen LogP contribution in [0.15, 0.2) is 83.1 Å². The molecule has 0 aromatic rings. The maximum Gasteiger partial charge on any atom is 0.155 e. The first-order valence-electron chi connectivity index (χ1n) is 14.8. The van der Waals surface area contributed by atoms with Crippen LogP contribution in [0, 0.1) is 5.92 Å². The van der Waals surface area contributed by atoms with Crippen molar-refractivity contribution >= 4 is 0 Å². The highest BCUT2D eigenvalue weighted by Crippen LogP contribution is 2.23. The van der Waals surface area contributed by atoms with E-state index in [1.165, 1.54) is 5.57 Å². The molecule has 40 heavy (non-hydrogen) atoms. The average Bonchev–Trinajstić information content (AvgIpc) is 2.89. The van der Waals surface area contributed by atoms with Crippen LogP contribution >= 0.6 is 0 Å². The standard InChI is InChI=1S/C35H59NO4/c1-13-16-31(19-17-25(4)5)23-38-29(11)35(34(22-36)40-30(12)37-21-14-2)39-24-32(15-3)28(10)33(27(8)9)20-18-26(6)7/h15-20,25,29-30,34-35H,3,6,13-14,21-24,36H2,1-2,4-5,7-12H3. The zero-order valence-electron chi connectivity index (χ0n) is 27.2. The molecule has 0 amide bonds. The van der Waals surface area contributed by atoms with Crippen molar-refractivity contribution in [3.63, 3.8) is 0 Å². The summed E-state index contributed by atoms with van der Waals surface area (Å²) in [5.74, 6) is 0.469. The molecule has 4 atom stereocenters. The molecule has 0 radical (unpaired) electrons. The number of hydrogen-bond acceptors (Lipinski definition) is 5. The molecule has 4 unspecified atom stereocenters. The van der Waals surface area contributed by atoms with E-state index in [9.17, 15) is 0 Å². The molecule has 2 N–H and O–H groups in total. The van der Waals surface area contributed by atoms with Gasteiger partial charge in [0.2, 0.25) is 0 Å². The molecular formula is C35H59NO4. The summed E-state index contributed by atoms with van der Waals surface area (Å²) in [7, 11) is 0. The van der Waals surface area contributed by atoms with Crippen LogP contribution in [-0.2, 0) is 18.9 Å². The fraction of sp³-hybridized carbons (Fsp3) is 0.600. The third-order valence-electron chi connectivity index (χ3n) is 6.30. The Hall–Kier alpha value is -2.02. The number of allylic oxidation sites excluding steroid dienone is 8. The molecule has 5 heteroatoms. The third-order valence-corrected chi connectivity index (χ3v) is 6.30. The monoisotopic (exact) mass is 557 g/mol. The van der Waals surface area contributed by atoms with Gasteiger partial charge >= 0.3 is 0 Å². The van der Waals surface area contributed by atoms with Gasteiger partial charge in [-0.3, -0.25) is 0 Å². The van der Waals surface area contributed by atoms with E-state index >= 15 is 0 Å². The van der Waals surface area contributed by atoms with Gasteiger partial charge in [-0.1, -0.05) is 88.5 Å². The van der Waals surface area contributed by atoms with Crippen molar-refractivity contribution in [2.75, 3.05) is 26.4 Å². The number of hydrogen-bond donors (Lipinski definition) is 1. The summed E-state index contributed by atoms with van der Waals surface area (Å²) in [6.07, 6.45) is 12.9. The van der Waals surface area contributed by atoms with Gasteiger partial charge in [0.25, 0.3) is 0 Å². The van der Waals surface area contributed by atoms with Gasteiger partial charge in [0.1, 0.15) is 12.2 Å². The van der Waals surface area contributed by atoms with E-state index in [1.54, 1.807) is 0 Å². The van der Waals surface area contributed by atoms with Crippen molar-refractivity contribution in [2.24, 2.45) is 11.7 Å². The molecule has 0 saturated heterocycles. The van der Waals surface area contributed by atoms with Gasteiger partial charge in [-0.25, -0.2) is 0 Å². The number of ether oxygens (including phenoxy) is 4. The quantitative estimate of drug-likeness (QED) is 0.113. The second kappa shape index (κ2) is 21.7. The fourth-order valence-corrected chi connectivity index (χ4v) is 4.03. The van der Waals surface area contributed by atoms with Crippen molar-refractivity contribution in [3.05, 3.63) is 83.1 Å². The zero-order valence-corrected chi connectivity index (χ0v) is 27.2. The SMILES string of the molecule is C=CC(COC(C(C)OCC(C=CC(C)C)=CCC)C(CN)OC(C)OCCC)=C(C)C(C=CC(=C)C)=C(C)C. The van der Waals surface area contributed by atoms with E-state index < -0.39 is 18.5 Å². The van der Waals surface area contributed by atoms with E-state index in [2.05, 4.69) is 85.9 Å². The molecule has 5 nitrogen and oxygen atoms in total. The Morgan fingerprint density at radius 1 is 0.900 bits per heavy atom. The van der Waals surface area contributed by atoms with Crippen LogP contribution in [0.4, 0.5) is 0 Å². The summed E-state index contributed by atoms with van der Waals surface area (Å²) in [6, 6.07) is 0. The highest BCUT2D eigenvalue weighted by molar-refractivity contribution is 5.47. The second-order valence-electron chi connectivity index (χ2n) is 10.9. The molecule has 0 heterocycles. The first kappa shape index (κ1) is 38.0. The molecule has 228 valence electrons. The molecule has 0 fully saturated rings. The predicted molar refractivity (Wildman–Crippen MR) is 172 cm³/mol. The average molecular weight is 558 g/mol. The highest BCUT2D eigenvalue weighted by atomic mass is 16.7. The van der Waals surface area contributed by atoms with E-state index in [1.807, 2.05) is 32.9 Å². The zero-order chi connectivity index (χ0) is 30.7. The summed E-state index contributed by atoms with van der Waals surface area (Å²) in [4.78, 5) is 0. The van der Waals surface area contributed by atoms with Crippen LogP contribution in [0.3, 0.4) is 0 Å². The normalized spacial score (nSPS) is 16.2. The lowest BCUT2D eigenvalue weighted by atomic mass is 9.97. The summed E-state index contributed by atoms with van der Waals surface area (Å²) in [6.45, 7) is 30.5. The summed E-state index contributed by atoms with van der Waals surface area (Å²) in [5, 5.41) is 0. The second-order valence-corrected chi connectivity index (χ2v) is 10.9.